The van der Waals surface area contributed by atoms with Crippen molar-refractivity contribution in [3.8, 4) is 0 Å². The second-order valence-corrected chi connectivity index (χ2v) is 4.31. The molecule has 76 valence electrons. The van der Waals surface area contributed by atoms with E-state index in [0.717, 1.165) is 13.0 Å². The standard InChI is InChI=1S/C12H18N2/c1-10-11(4-2-9-14-10)12(7-8-13)5-3-6-12/h2,4,9H,3,5-8,13H2,1H3. The molecule has 1 heterocycles. The van der Waals surface area contributed by atoms with Crippen LogP contribution in [0.4, 0.5) is 0 Å². The number of nitrogens with zero attached hydrogens (tertiary/aromatic N) is 1. The van der Waals surface area contributed by atoms with Crippen molar-refractivity contribution >= 4 is 0 Å². The van der Waals surface area contributed by atoms with Crippen LogP contribution in [0, 0.1) is 6.92 Å². The highest BCUT2D eigenvalue weighted by Gasteiger charge is 2.38. The van der Waals surface area contributed by atoms with Gasteiger partial charge in [0.1, 0.15) is 0 Å². The van der Waals surface area contributed by atoms with Crippen LogP contribution in [0.1, 0.15) is 36.9 Å². The van der Waals surface area contributed by atoms with E-state index >= 15 is 0 Å². The lowest BCUT2D eigenvalue weighted by atomic mass is 9.62. The Bertz CT molecular complexity index is 316. The molecular formula is C12H18N2. The summed E-state index contributed by atoms with van der Waals surface area (Å²) in [6.45, 7) is 2.89. The van der Waals surface area contributed by atoms with Gasteiger partial charge < -0.3 is 5.73 Å². The zero-order valence-electron chi connectivity index (χ0n) is 8.79. The molecule has 0 aliphatic heterocycles. The van der Waals surface area contributed by atoms with Crippen molar-refractivity contribution < 1.29 is 0 Å². The van der Waals surface area contributed by atoms with Crippen LogP contribution in [-0.4, -0.2) is 11.5 Å². The number of pyridine rings is 1. The van der Waals surface area contributed by atoms with E-state index in [9.17, 15) is 0 Å². The lowest BCUT2D eigenvalue weighted by Crippen LogP contribution is -2.37. The third-order valence-corrected chi connectivity index (χ3v) is 3.51. The first-order valence-corrected chi connectivity index (χ1v) is 5.41. The summed E-state index contributed by atoms with van der Waals surface area (Å²) >= 11 is 0. The van der Waals surface area contributed by atoms with E-state index < -0.39 is 0 Å². The summed E-state index contributed by atoms with van der Waals surface area (Å²) < 4.78 is 0. The predicted octanol–water partition coefficient (Wildman–Crippen LogP) is 2.16. The molecule has 0 radical (unpaired) electrons. The lowest BCUT2D eigenvalue weighted by Gasteiger charge is -2.43. The van der Waals surface area contributed by atoms with Crippen molar-refractivity contribution in [3.05, 3.63) is 29.6 Å². The van der Waals surface area contributed by atoms with Crippen molar-refractivity contribution in [1.82, 2.24) is 4.98 Å². The Hall–Kier alpha value is -0.890. The van der Waals surface area contributed by atoms with Gasteiger partial charge in [-0.05, 0) is 49.8 Å². The average Bonchev–Trinajstić information content (AvgIpc) is 2.13. The maximum atomic E-state index is 5.69. The quantitative estimate of drug-likeness (QED) is 0.793. The number of hydrogen-bond donors (Lipinski definition) is 1. The number of rotatable bonds is 3. The third kappa shape index (κ3) is 1.44. The molecule has 2 nitrogen and oxygen atoms in total. The van der Waals surface area contributed by atoms with Crippen molar-refractivity contribution in [1.29, 1.82) is 0 Å². The molecule has 0 spiro atoms. The Kier molecular flexibility index (Phi) is 2.55. The molecule has 0 amide bonds. The molecule has 1 aliphatic carbocycles. The van der Waals surface area contributed by atoms with E-state index in [4.69, 9.17) is 5.73 Å². The van der Waals surface area contributed by atoms with E-state index in [-0.39, 0.29) is 0 Å². The molecule has 0 aromatic carbocycles. The molecule has 1 aromatic heterocycles. The number of nitrogens with two attached hydrogens (primary N) is 1. The van der Waals surface area contributed by atoms with Crippen LogP contribution in [0.3, 0.4) is 0 Å². The van der Waals surface area contributed by atoms with Gasteiger partial charge >= 0.3 is 0 Å². The zero-order chi connectivity index (χ0) is 10.0. The predicted molar refractivity (Wildman–Crippen MR) is 58.2 cm³/mol. The van der Waals surface area contributed by atoms with Crippen molar-refractivity contribution in [2.24, 2.45) is 5.73 Å². The highest BCUT2D eigenvalue weighted by atomic mass is 14.7. The van der Waals surface area contributed by atoms with E-state index in [2.05, 4.69) is 18.0 Å². The van der Waals surface area contributed by atoms with E-state index in [1.54, 1.807) is 0 Å². The smallest absolute Gasteiger partial charge is 0.0410 e. The van der Waals surface area contributed by atoms with Gasteiger partial charge in [0.25, 0.3) is 0 Å². The first-order chi connectivity index (χ1) is 6.78. The van der Waals surface area contributed by atoms with E-state index in [1.807, 2.05) is 12.3 Å². The summed E-state index contributed by atoms with van der Waals surface area (Å²) in [5, 5.41) is 0. The zero-order valence-corrected chi connectivity index (χ0v) is 8.79. The second kappa shape index (κ2) is 3.70. The maximum Gasteiger partial charge on any atom is 0.0410 e. The van der Waals surface area contributed by atoms with Gasteiger partial charge in [0.2, 0.25) is 0 Å². The fourth-order valence-corrected chi connectivity index (χ4v) is 2.58. The minimum absolute atomic E-state index is 0.368. The molecule has 0 atom stereocenters. The Morgan fingerprint density at radius 1 is 1.50 bits per heavy atom. The molecular weight excluding hydrogens is 172 g/mol. The minimum atomic E-state index is 0.368. The van der Waals surface area contributed by atoms with Gasteiger partial charge in [-0.25, -0.2) is 0 Å². The van der Waals surface area contributed by atoms with Gasteiger partial charge in [-0.2, -0.15) is 0 Å². The van der Waals surface area contributed by atoms with Gasteiger partial charge in [-0.15, -0.1) is 0 Å². The maximum absolute atomic E-state index is 5.69. The second-order valence-electron chi connectivity index (χ2n) is 4.31. The number of aryl methyl sites for hydroxylation is 1. The van der Waals surface area contributed by atoms with Crippen LogP contribution in [0.15, 0.2) is 18.3 Å². The molecule has 1 fully saturated rings. The van der Waals surface area contributed by atoms with Gasteiger partial charge in [-0.1, -0.05) is 12.5 Å². The molecule has 2 rings (SSSR count). The summed E-state index contributed by atoms with van der Waals surface area (Å²) in [6.07, 6.45) is 6.90. The SMILES string of the molecule is Cc1ncccc1C1(CCN)CCC1. The minimum Gasteiger partial charge on any atom is -0.330 e. The average molecular weight is 190 g/mol. The van der Waals surface area contributed by atoms with Crippen LogP contribution in [0.2, 0.25) is 0 Å². The van der Waals surface area contributed by atoms with Crippen molar-refractivity contribution in [2.45, 2.75) is 38.0 Å². The molecule has 0 bridgehead atoms. The van der Waals surface area contributed by atoms with Gasteiger partial charge in [0.15, 0.2) is 0 Å². The fourth-order valence-electron chi connectivity index (χ4n) is 2.58. The van der Waals surface area contributed by atoms with Gasteiger partial charge in [0, 0.05) is 11.9 Å². The van der Waals surface area contributed by atoms with Crippen LogP contribution in [0.5, 0.6) is 0 Å². The fraction of sp³-hybridized carbons (Fsp3) is 0.583. The summed E-state index contributed by atoms with van der Waals surface area (Å²) in [5.41, 5.74) is 8.67. The van der Waals surface area contributed by atoms with Crippen molar-refractivity contribution in [2.75, 3.05) is 6.54 Å². The summed E-state index contributed by atoms with van der Waals surface area (Å²) in [7, 11) is 0. The summed E-state index contributed by atoms with van der Waals surface area (Å²) in [4.78, 5) is 4.37. The Labute approximate surface area is 85.5 Å². The molecule has 2 N–H and O–H groups in total. The van der Waals surface area contributed by atoms with Gasteiger partial charge in [-0.3, -0.25) is 4.98 Å². The molecule has 0 unspecified atom stereocenters. The lowest BCUT2D eigenvalue weighted by molar-refractivity contribution is 0.227. The first-order valence-electron chi connectivity index (χ1n) is 5.41. The van der Waals surface area contributed by atoms with Crippen LogP contribution in [0.25, 0.3) is 0 Å². The molecule has 1 aliphatic rings. The molecule has 0 saturated heterocycles. The molecule has 1 saturated carbocycles. The Balaban J connectivity index is 2.32. The monoisotopic (exact) mass is 190 g/mol. The summed E-state index contributed by atoms with van der Waals surface area (Å²) in [5.74, 6) is 0. The molecule has 2 heteroatoms. The Morgan fingerprint density at radius 2 is 2.29 bits per heavy atom. The molecule has 1 aromatic rings. The normalized spacial score (nSPS) is 19.0. The Morgan fingerprint density at radius 3 is 2.79 bits per heavy atom. The van der Waals surface area contributed by atoms with Crippen LogP contribution >= 0.6 is 0 Å². The third-order valence-electron chi connectivity index (χ3n) is 3.51. The van der Waals surface area contributed by atoms with Crippen molar-refractivity contribution in [3.63, 3.8) is 0 Å². The van der Waals surface area contributed by atoms with Gasteiger partial charge in [0.05, 0.1) is 0 Å². The number of aromatic nitrogens is 1. The molecule has 14 heavy (non-hydrogen) atoms. The highest BCUT2D eigenvalue weighted by molar-refractivity contribution is 5.31. The summed E-state index contributed by atoms with van der Waals surface area (Å²) in [6, 6.07) is 4.26. The van der Waals surface area contributed by atoms with E-state index in [1.165, 1.54) is 30.5 Å². The highest BCUT2D eigenvalue weighted by Crippen LogP contribution is 2.46. The van der Waals surface area contributed by atoms with E-state index in [0.29, 0.717) is 5.41 Å². The largest absolute Gasteiger partial charge is 0.330 e. The van der Waals surface area contributed by atoms with Crippen LogP contribution in [-0.2, 0) is 5.41 Å². The topological polar surface area (TPSA) is 38.9 Å². The first kappa shape index (κ1) is 9.66. The van der Waals surface area contributed by atoms with Crippen LogP contribution < -0.4 is 5.73 Å². The number of hydrogen-bond acceptors (Lipinski definition) is 2.